The van der Waals surface area contributed by atoms with Crippen LogP contribution in [0.3, 0.4) is 0 Å². The minimum absolute atomic E-state index is 0.0208. The summed E-state index contributed by atoms with van der Waals surface area (Å²) in [4.78, 5) is 22.8. The summed E-state index contributed by atoms with van der Waals surface area (Å²) in [7, 11) is 1.64. The van der Waals surface area contributed by atoms with Gasteiger partial charge < -0.3 is 9.72 Å². The Morgan fingerprint density at radius 3 is 2.62 bits per heavy atom. The Bertz CT molecular complexity index is 1010. The van der Waals surface area contributed by atoms with E-state index >= 15 is 0 Å². The Balaban J connectivity index is 1.78. The molecule has 5 heteroatoms. The van der Waals surface area contributed by atoms with Gasteiger partial charge in [-0.15, -0.1) is 11.3 Å². The first-order valence-corrected chi connectivity index (χ1v) is 9.87. The van der Waals surface area contributed by atoms with E-state index in [0.29, 0.717) is 17.2 Å². The first kappa shape index (κ1) is 17.3. The van der Waals surface area contributed by atoms with Gasteiger partial charge in [-0.3, -0.25) is 4.79 Å². The molecule has 1 aromatic carbocycles. The fourth-order valence-corrected chi connectivity index (χ4v) is 5.11. The van der Waals surface area contributed by atoms with Crippen LogP contribution < -0.4 is 10.3 Å². The zero-order valence-electron chi connectivity index (χ0n) is 15.7. The molecule has 26 heavy (non-hydrogen) atoms. The molecule has 0 spiro atoms. The SMILES string of the molecule is COc1ccc(-c2nc3sc4c(c3c(=O)[nH]2)CCC(C(C)(C)C)C4)cc1. The first-order chi connectivity index (χ1) is 12.4. The van der Waals surface area contributed by atoms with Crippen LogP contribution in [-0.4, -0.2) is 17.1 Å². The largest absolute Gasteiger partial charge is 0.497 e. The third-order valence-corrected chi connectivity index (χ3v) is 6.66. The molecule has 3 aromatic rings. The minimum atomic E-state index is -0.0208. The second-order valence-corrected chi connectivity index (χ2v) is 9.22. The summed E-state index contributed by atoms with van der Waals surface area (Å²) in [6.45, 7) is 6.93. The maximum atomic E-state index is 12.8. The molecule has 0 saturated heterocycles. The lowest BCUT2D eigenvalue weighted by Crippen LogP contribution is -2.26. The van der Waals surface area contributed by atoms with E-state index in [1.807, 2.05) is 24.3 Å². The zero-order valence-corrected chi connectivity index (χ0v) is 16.5. The van der Waals surface area contributed by atoms with Crippen molar-refractivity contribution in [1.82, 2.24) is 9.97 Å². The van der Waals surface area contributed by atoms with Gasteiger partial charge in [-0.05, 0) is 60.4 Å². The lowest BCUT2D eigenvalue weighted by Gasteiger charge is -2.33. The van der Waals surface area contributed by atoms with Crippen molar-refractivity contribution in [1.29, 1.82) is 0 Å². The molecule has 0 fully saturated rings. The van der Waals surface area contributed by atoms with Crippen LogP contribution in [0.4, 0.5) is 0 Å². The van der Waals surface area contributed by atoms with E-state index in [-0.39, 0.29) is 5.56 Å². The second kappa shape index (κ2) is 6.23. The van der Waals surface area contributed by atoms with E-state index < -0.39 is 0 Å². The van der Waals surface area contributed by atoms with Gasteiger partial charge in [0.15, 0.2) is 0 Å². The van der Waals surface area contributed by atoms with Gasteiger partial charge in [-0.1, -0.05) is 20.8 Å². The third kappa shape index (κ3) is 2.94. The van der Waals surface area contributed by atoms with Gasteiger partial charge in [0.05, 0.1) is 12.5 Å². The van der Waals surface area contributed by atoms with E-state index in [1.54, 1.807) is 18.4 Å². The van der Waals surface area contributed by atoms with Gasteiger partial charge in [-0.25, -0.2) is 4.98 Å². The van der Waals surface area contributed by atoms with Crippen molar-refractivity contribution >= 4 is 21.6 Å². The van der Waals surface area contributed by atoms with E-state index in [1.165, 1.54) is 10.4 Å². The third-order valence-electron chi connectivity index (χ3n) is 5.51. The highest BCUT2D eigenvalue weighted by Gasteiger charge is 2.31. The van der Waals surface area contributed by atoms with Crippen LogP contribution >= 0.6 is 11.3 Å². The molecule has 4 nitrogen and oxygen atoms in total. The van der Waals surface area contributed by atoms with E-state index in [2.05, 4.69) is 25.8 Å². The van der Waals surface area contributed by atoms with Crippen LogP contribution in [0.25, 0.3) is 21.6 Å². The molecule has 0 saturated carbocycles. The van der Waals surface area contributed by atoms with Crippen molar-refractivity contribution < 1.29 is 4.74 Å². The Kier molecular flexibility index (Phi) is 4.14. The molecular weight excluding hydrogens is 344 g/mol. The van der Waals surface area contributed by atoms with Gasteiger partial charge in [-0.2, -0.15) is 0 Å². The normalized spacial score (nSPS) is 17.3. The standard InChI is InChI=1S/C21H24N2O2S/c1-21(2,3)13-7-10-15-16(11-13)26-20-17(15)19(24)22-18(23-20)12-5-8-14(25-4)9-6-12/h5-6,8-9,13H,7,10-11H2,1-4H3,(H,22,23,24). The van der Waals surface area contributed by atoms with Crippen LogP contribution in [0.1, 0.15) is 37.6 Å². The van der Waals surface area contributed by atoms with E-state index in [9.17, 15) is 4.79 Å². The summed E-state index contributed by atoms with van der Waals surface area (Å²) in [5.41, 5.74) is 2.39. The number of hydrogen-bond donors (Lipinski definition) is 1. The predicted octanol–water partition coefficient (Wildman–Crippen LogP) is 4.81. The molecule has 0 amide bonds. The monoisotopic (exact) mass is 368 g/mol. The number of rotatable bonds is 2. The molecule has 1 atom stereocenters. The highest BCUT2D eigenvalue weighted by Crippen LogP contribution is 2.42. The van der Waals surface area contributed by atoms with Crippen LogP contribution in [0, 0.1) is 11.3 Å². The highest BCUT2D eigenvalue weighted by atomic mass is 32.1. The Labute approximate surface area is 157 Å². The average molecular weight is 369 g/mol. The molecule has 0 bridgehead atoms. The summed E-state index contributed by atoms with van der Waals surface area (Å²) in [6, 6.07) is 7.61. The van der Waals surface area contributed by atoms with Gasteiger partial charge in [0.25, 0.3) is 5.56 Å². The lowest BCUT2D eigenvalue weighted by atomic mass is 9.72. The van der Waals surface area contributed by atoms with Crippen molar-refractivity contribution in [2.24, 2.45) is 11.3 Å². The number of methoxy groups -OCH3 is 1. The molecule has 1 aliphatic rings. The molecule has 1 N–H and O–H groups in total. The summed E-state index contributed by atoms with van der Waals surface area (Å²) in [5.74, 6) is 2.07. The molecule has 1 aliphatic carbocycles. The number of nitrogens with zero attached hydrogens (tertiary/aromatic N) is 1. The number of aryl methyl sites for hydroxylation is 1. The first-order valence-electron chi connectivity index (χ1n) is 9.06. The number of aromatic amines is 1. The quantitative estimate of drug-likeness (QED) is 0.706. The van der Waals surface area contributed by atoms with Gasteiger partial charge in [0, 0.05) is 10.4 Å². The number of hydrogen-bond acceptors (Lipinski definition) is 4. The number of aromatic nitrogens is 2. The van der Waals surface area contributed by atoms with Gasteiger partial charge >= 0.3 is 0 Å². The topological polar surface area (TPSA) is 55.0 Å². The average Bonchev–Trinajstić information content (AvgIpc) is 2.99. The molecule has 0 radical (unpaired) electrons. The summed E-state index contributed by atoms with van der Waals surface area (Å²) in [6.07, 6.45) is 3.17. The molecule has 2 heterocycles. The van der Waals surface area contributed by atoms with Crippen molar-refractivity contribution in [3.05, 3.63) is 45.1 Å². The number of thiophene rings is 1. The molecule has 0 aliphatic heterocycles. The molecule has 136 valence electrons. The van der Waals surface area contributed by atoms with Gasteiger partial charge in [0.1, 0.15) is 16.4 Å². The van der Waals surface area contributed by atoms with Crippen molar-refractivity contribution in [2.45, 2.75) is 40.0 Å². The number of H-pyrrole nitrogens is 1. The van der Waals surface area contributed by atoms with E-state index in [0.717, 1.165) is 40.8 Å². The second-order valence-electron chi connectivity index (χ2n) is 8.13. The molecule has 1 unspecified atom stereocenters. The molecular formula is C21H24N2O2S. The maximum Gasteiger partial charge on any atom is 0.260 e. The Morgan fingerprint density at radius 1 is 1.23 bits per heavy atom. The van der Waals surface area contributed by atoms with Crippen molar-refractivity contribution in [3.63, 3.8) is 0 Å². The number of ether oxygens (including phenoxy) is 1. The Hall–Kier alpha value is -2.14. The smallest absolute Gasteiger partial charge is 0.260 e. The highest BCUT2D eigenvalue weighted by molar-refractivity contribution is 7.18. The summed E-state index contributed by atoms with van der Waals surface area (Å²) in [5, 5.41) is 0.801. The lowest BCUT2D eigenvalue weighted by molar-refractivity contribution is 0.218. The van der Waals surface area contributed by atoms with Crippen LogP contribution in [0.2, 0.25) is 0 Å². The fourth-order valence-electron chi connectivity index (χ4n) is 3.81. The number of nitrogens with one attached hydrogen (secondary N) is 1. The minimum Gasteiger partial charge on any atom is -0.497 e. The predicted molar refractivity (Wildman–Crippen MR) is 107 cm³/mol. The van der Waals surface area contributed by atoms with E-state index in [4.69, 9.17) is 9.72 Å². The van der Waals surface area contributed by atoms with Crippen LogP contribution in [0.5, 0.6) is 5.75 Å². The fraction of sp³-hybridized carbons (Fsp3) is 0.429. The molecule has 4 rings (SSSR count). The van der Waals surface area contributed by atoms with Crippen LogP contribution in [-0.2, 0) is 12.8 Å². The van der Waals surface area contributed by atoms with Crippen molar-refractivity contribution in [2.75, 3.05) is 7.11 Å². The number of fused-ring (bicyclic) bond motifs is 3. The summed E-state index contributed by atoms with van der Waals surface area (Å²) < 4.78 is 5.20. The zero-order chi connectivity index (χ0) is 18.5. The van der Waals surface area contributed by atoms with Crippen molar-refractivity contribution in [3.8, 4) is 17.1 Å². The Morgan fingerprint density at radius 2 is 1.96 bits per heavy atom. The molecule has 2 aromatic heterocycles. The summed E-state index contributed by atoms with van der Waals surface area (Å²) >= 11 is 1.69. The number of benzene rings is 1. The van der Waals surface area contributed by atoms with Crippen LogP contribution in [0.15, 0.2) is 29.1 Å². The van der Waals surface area contributed by atoms with Gasteiger partial charge in [0.2, 0.25) is 0 Å². The maximum absolute atomic E-state index is 12.8.